The molecule has 1 atom stereocenters. The second-order valence-electron chi connectivity index (χ2n) is 5.87. The van der Waals surface area contributed by atoms with Gasteiger partial charge in [0, 0.05) is 6.04 Å². The molecule has 2 nitrogen and oxygen atoms in total. The van der Waals surface area contributed by atoms with Crippen molar-refractivity contribution in [3.8, 4) is 0 Å². The Hall–Kier alpha value is -0.0800. The molecule has 1 heterocycles. The normalized spacial score (nSPS) is 27.4. The van der Waals surface area contributed by atoms with E-state index in [1.807, 2.05) is 0 Å². The lowest BCUT2D eigenvalue weighted by molar-refractivity contribution is 0.106. The molecule has 1 aliphatic carbocycles. The fourth-order valence-electron chi connectivity index (χ4n) is 3.79. The highest BCUT2D eigenvalue weighted by Gasteiger charge is 2.27. The summed E-state index contributed by atoms with van der Waals surface area (Å²) in [5.41, 5.74) is 0. The van der Waals surface area contributed by atoms with Crippen LogP contribution in [0.15, 0.2) is 0 Å². The van der Waals surface area contributed by atoms with E-state index in [-0.39, 0.29) is 0 Å². The van der Waals surface area contributed by atoms with Crippen LogP contribution < -0.4 is 5.32 Å². The summed E-state index contributed by atoms with van der Waals surface area (Å²) >= 11 is 0. The summed E-state index contributed by atoms with van der Waals surface area (Å²) in [4.78, 5) is 2.82. The number of hydrogen-bond acceptors (Lipinski definition) is 2. The van der Waals surface area contributed by atoms with Gasteiger partial charge in [-0.05, 0) is 64.2 Å². The standard InChI is InChI=1S/C15H30N2/c1-2-15(14-8-4-3-5-9-14)17-12-6-10-16-11-7-13-17/h14-16H,2-13H2,1H3. The van der Waals surface area contributed by atoms with Gasteiger partial charge in [-0.3, -0.25) is 0 Å². The van der Waals surface area contributed by atoms with Gasteiger partial charge >= 0.3 is 0 Å². The highest BCUT2D eigenvalue weighted by molar-refractivity contribution is 4.82. The van der Waals surface area contributed by atoms with Crippen LogP contribution in [0, 0.1) is 5.92 Å². The van der Waals surface area contributed by atoms with Gasteiger partial charge in [-0.2, -0.15) is 0 Å². The van der Waals surface area contributed by atoms with Crippen LogP contribution in [0.25, 0.3) is 0 Å². The van der Waals surface area contributed by atoms with Crippen LogP contribution in [0.3, 0.4) is 0 Å². The first-order valence-electron chi connectivity index (χ1n) is 7.86. The Bertz CT molecular complexity index is 191. The van der Waals surface area contributed by atoms with Gasteiger partial charge in [0.25, 0.3) is 0 Å². The molecule has 2 rings (SSSR count). The molecule has 0 radical (unpaired) electrons. The molecule has 1 aliphatic heterocycles. The molecule has 0 amide bonds. The van der Waals surface area contributed by atoms with Gasteiger partial charge in [-0.1, -0.05) is 26.2 Å². The van der Waals surface area contributed by atoms with Gasteiger partial charge in [-0.15, -0.1) is 0 Å². The minimum atomic E-state index is 0.883. The molecule has 0 aromatic heterocycles. The average molecular weight is 238 g/mol. The molecule has 1 saturated carbocycles. The van der Waals surface area contributed by atoms with Crippen molar-refractivity contribution in [1.82, 2.24) is 10.2 Å². The van der Waals surface area contributed by atoms with E-state index in [0.29, 0.717) is 0 Å². The maximum Gasteiger partial charge on any atom is 0.0121 e. The van der Waals surface area contributed by atoms with E-state index in [0.717, 1.165) is 12.0 Å². The van der Waals surface area contributed by atoms with Gasteiger partial charge in [0.15, 0.2) is 0 Å². The maximum absolute atomic E-state index is 3.52. The summed E-state index contributed by atoms with van der Waals surface area (Å²) in [6.45, 7) is 7.48. The molecule has 1 saturated heterocycles. The molecule has 17 heavy (non-hydrogen) atoms. The molecule has 100 valence electrons. The zero-order valence-corrected chi connectivity index (χ0v) is 11.6. The van der Waals surface area contributed by atoms with E-state index < -0.39 is 0 Å². The van der Waals surface area contributed by atoms with Crippen molar-refractivity contribution in [3.63, 3.8) is 0 Å². The van der Waals surface area contributed by atoms with E-state index in [1.54, 1.807) is 0 Å². The van der Waals surface area contributed by atoms with Crippen LogP contribution in [0.5, 0.6) is 0 Å². The number of rotatable bonds is 3. The SMILES string of the molecule is CCC(C1CCCCC1)N1CCCNCCC1. The molecule has 0 bridgehead atoms. The monoisotopic (exact) mass is 238 g/mol. The molecule has 2 heteroatoms. The van der Waals surface area contributed by atoms with Crippen LogP contribution in [0.1, 0.15) is 58.3 Å². The molecule has 0 aromatic rings. The summed E-state index contributed by atoms with van der Waals surface area (Å²) in [6.07, 6.45) is 11.5. The quantitative estimate of drug-likeness (QED) is 0.813. The van der Waals surface area contributed by atoms with Gasteiger partial charge in [0.05, 0.1) is 0 Å². The smallest absolute Gasteiger partial charge is 0.0121 e. The summed E-state index contributed by atoms with van der Waals surface area (Å²) in [5, 5.41) is 3.52. The first-order valence-corrected chi connectivity index (χ1v) is 7.86. The Kier molecular flexibility index (Phi) is 5.79. The highest BCUT2D eigenvalue weighted by atomic mass is 15.2. The average Bonchev–Trinajstić information content (AvgIpc) is 2.34. The third-order valence-corrected chi connectivity index (χ3v) is 4.68. The molecule has 2 fully saturated rings. The molecule has 1 N–H and O–H groups in total. The predicted molar refractivity (Wildman–Crippen MR) is 74.3 cm³/mol. The lowest BCUT2D eigenvalue weighted by Gasteiger charge is -2.39. The van der Waals surface area contributed by atoms with Crippen molar-refractivity contribution in [2.45, 2.75) is 64.3 Å². The van der Waals surface area contributed by atoms with Crippen LogP contribution in [0.2, 0.25) is 0 Å². The minimum absolute atomic E-state index is 0.883. The van der Waals surface area contributed by atoms with E-state index >= 15 is 0 Å². The van der Waals surface area contributed by atoms with E-state index in [4.69, 9.17) is 0 Å². The van der Waals surface area contributed by atoms with Crippen LogP contribution in [-0.4, -0.2) is 37.1 Å². The highest BCUT2D eigenvalue weighted by Crippen LogP contribution is 2.30. The summed E-state index contributed by atoms with van der Waals surface area (Å²) in [7, 11) is 0. The largest absolute Gasteiger partial charge is 0.317 e. The van der Waals surface area contributed by atoms with E-state index in [9.17, 15) is 0 Å². The van der Waals surface area contributed by atoms with E-state index in [2.05, 4.69) is 17.1 Å². The second kappa shape index (κ2) is 7.38. The number of hydrogen-bond donors (Lipinski definition) is 1. The third-order valence-electron chi connectivity index (χ3n) is 4.68. The Morgan fingerprint density at radius 2 is 1.65 bits per heavy atom. The predicted octanol–water partition coefficient (Wildman–Crippen LogP) is 3.03. The maximum atomic E-state index is 3.52. The zero-order chi connectivity index (χ0) is 11.9. The Morgan fingerprint density at radius 1 is 1.00 bits per heavy atom. The summed E-state index contributed by atoms with van der Waals surface area (Å²) < 4.78 is 0. The molecule has 2 aliphatic rings. The van der Waals surface area contributed by atoms with Gasteiger partial charge in [0.2, 0.25) is 0 Å². The van der Waals surface area contributed by atoms with Crippen LogP contribution in [0.4, 0.5) is 0 Å². The van der Waals surface area contributed by atoms with Crippen LogP contribution in [-0.2, 0) is 0 Å². The van der Waals surface area contributed by atoms with Crippen molar-refractivity contribution in [2.75, 3.05) is 26.2 Å². The van der Waals surface area contributed by atoms with Crippen molar-refractivity contribution >= 4 is 0 Å². The topological polar surface area (TPSA) is 15.3 Å². The zero-order valence-electron chi connectivity index (χ0n) is 11.6. The minimum Gasteiger partial charge on any atom is -0.317 e. The second-order valence-corrected chi connectivity index (χ2v) is 5.87. The van der Waals surface area contributed by atoms with Crippen molar-refractivity contribution in [3.05, 3.63) is 0 Å². The lowest BCUT2D eigenvalue weighted by atomic mass is 9.82. The molecular formula is C15H30N2. The fraction of sp³-hybridized carbons (Fsp3) is 1.00. The Morgan fingerprint density at radius 3 is 2.24 bits per heavy atom. The Balaban J connectivity index is 1.89. The van der Waals surface area contributed by atoms with Gasteiger partial charge in [0.1, 0.15) is 0 Å². The molecular weight excluding hydrogens is 208 g/mol. The van der Waals surface area contributed by atoms with Crippen molar-refractivity contribution in [1.29, 1.82) is 0 Å². The summed E-state index contributed by atoms with van der Waals surface area (Å²) in [5.74, 6) is 1.00. The van der Waals surface area contributed by atoms with Crippen molar-refractivity contribution in [2.24, 2.45) is 5.92 Å². The molecule has 0 aromatic carbocycles. The first-order chi connectivity index (χ1) is 8.42. The Labute approximate surface area is 107 Å². The number of nitrogens with one attached hydrogen (secondary N) is 1. The number of nitrogens with zero attached hydrogens (tertiary/aromatic N) is 1. The summed E-state index contributed by atoms with van der Waals surface area (Å²) in [6, 6.07) is 0.883. The van der Waals surface area contributed by atoms with Crippen LogP contribution >= 0.6 is 0 Å². The van der Waals surface area contributed by atoms with E-state index in [1.165, 1.54) is 77.5 Å². The lowest BCUT2D eigenvalue weighted by Crippen LogP contribution is -2.44. The first kappa shape index (κ1) is 13.4. The molecule has 0 spiro atoms. The van der Waals surface area contributed by atoms with Gasteiger partial charge in [-0.25, -0.2) is 0 Å². The van der Waals surface area contributed by atoms with Gasteiger partial charge < -0.3 is 10.2 Å². The molecule has 1 unspecified atom stereocenters. The fourth-order valence-corrected chi connectivity index (χ4v) is 3.79. The van der Waals surface area contributed by atoms with Crippen molar-refractivity contribution < 1.29 is 0 Å². The third kappa shape index (κ3) is 3.96.